The fourth-order valence-corrected chi connectivity index (χ4v) is 4.56. The predicted octanol–water partition coefficient (Wildman–Crippen LogP) is -0.156. The lowest BCUT2D eigenvalue weighted by Crippen LogP contribution is -2.63. The molecule has 1 aromatic heterocycles. The topological polar surface area (TPSA) is 96.7 Å². The molecule has 0 bridgehead atoms. The summed E-state index contributed by atoms with van der Waals surface area (Å²) in [6.45, 7) is 4.36. The van der Waals surface area contributed by atoms with E-state index in [1.807, 2.05) is 17.8 Å². The molecule has 0 amide bonds. The number of rotatable bonds is 4. The van der Waals surface area contributed by atoms with Crippen LogP contribution >= 0.6 is 0 Å². The van der Waals surface area contributed by atoms with Crippen molar-refractivity contribution < 1.29 is 18.3 Å². The number of aliphatic hydroxyl groups is 1. The summed E-state index contributed by atoms with van der Waals surface area (Å²) in [5.41, 5.74) is -0.395. The highest BCUT2D eigenvalue weighted by Crippen LogP contribution is 2.38. The van der Waals surface area contributed by atoms with Crippen molar-refractivity contribution in [2.75, 3.05) is 26.0 Å². The summed E-state index contributed by atoms with van der Waals surface area (Å²) in [5.74, 6) is 0. The highest BCUT2D eigenvalue weighted by atomic mass is 32.2. The van der Waals surface area contributed by atoms with Crippen LogP contribution in [0, 0.1) is 0 Å². The van der Waals surface area contributed by atoms with Crippen LogP contribution in [0.25, 0.3) is 0 Å². The Morgan fingerprint density at radius 2 is 2.12 bits per heavy atom. The quantitative estimate of drug-likeness (QED) is 0.763. The lowest BCUT2D eigenvalue weighted by molar-refractivity contribution is -0.190. The molecule has 25 heavy (non-hydrogen) atoms. The number of imidazole rings is 1. The molecule has 9 heteroatoms. The maximum atomic E-state index is 11.6. The van der Waals surface area contributed by atoms with E-state index in [1.54, 1.807) is 13.3 Å². The smallest absolute Gasteiger partial charge is 0.209 e. The van der Waals surface area contributed by atoms with Gasteiger partial charge in [-0.25, -0.2) is 18.1 Å². The molecule has 0 saturated carbocycles. The van der Waals surface area contributed by atoms with E-state index >= 15 is 0 Å². The average molecular weight is 372 g/mol. The highest BCUT2D eigenvalue weighted by molar-refractivity contribution is 7.88. The maximum Gasteiger partial charge on any atom is 0.209 e. The Kier molecular flexibility index (Phi) is 4.97. The minimum absolute atomic E-state index is 0.141. The van der Waals surface area contributed by atoms with Crippen LogP contribution in [-0.2, 0) is 28.4 Å². The van der Waals surface area contributed by atoms with Crippen molar-refractivity contribution in [2.45, 2.75) is 50.0 Å². The van der Waals surface area contributed by atoms with Gasteiger partial charge in [-0.2, -0.15) is 0 Å². The van der Waals surface area contributed by atoms with E-state index in [0.717, 1.165) is 38.7 Å². The summed E-state index contributed by atoms with van der Waals surface area (Å²) < 4.78 is 33.9. The van der Waals surface area contributed by atoms with Crippen LogP contribution in [-0.4, -0.2) is 71.2 Å². The molecule has 8 nitrogen and oxygen atoms in total. The molecule has 1 spiro atoms. The third-order valence-corrected chi connectivity index (χ3v) is 6.14. The number of piperidine rings is 1. The minimum Gasteiger partial charge on any atom is -0.386 e. The Bertz CT molecular complexity index is 707. The monoisotopic (exact) mass is 372 g/mol. The van der Waals surface area contributed by atoms with Gasteiger partial charge in [0.25, 0.3) is 0 Å². The van der Waals surface area contributed by atoms with E-state index < -0.39 is 21.7 Å². The lowest BCUT2D eigenvalue weighted by atomic mass is 9.78. The highest BCUT2D eigenvalue weighted by Gasteiger charge is 2.49. The summed E-state index contributed by atoms with van der Waals surface area (Å²) in [7, 11) is -1.40. The Balaban J connectivity index is 1.63. The van der Waals surface area contributed by atoms with Gasteiger partial charge in [0.05, 0.1) is 36.5 Å². The van der Waals surface area contributed by atoms with E-state index in [1.165, 1.54) is 5.69 Å². The van der Waals surface area contributed by atoms with Crippen LogP contribution in [0.3, 0.4) is 0 Å². The first-order valence-electron chi connectivity index (χ1n) is 8.60. The molecule has 2 aliphatic heterocycles. The summed E-state index contributed by atoms with van der Waals surface area (Å²) >= 11 is 0. The van der Waals surface area contributed by atoms with Crippen LogP contribution in [0.1, 0.15) is 31.9 Å². The van der Waals surface area contributed by atoms with E-state index in [0.29, 0.717) is 6.42 Å². The number of aryl methyl sites for hydroxylation is 1. The Hall–Kier alpha value is -1.00. The van der Waals surface area contributed by atoms with Gasteiger partial charge in [0.2, 0.25) is 10.0 Å². The second-order valence-corrected chi connectivity index (χ2v) is 9.53. The van der Waals surface area contributed by atoms with Crippen molar-refractivity contribution in [3.05, 3.63) is 18.2 Å². The number of ether oxygens (including phenoxy) is 1. The predicted molar refractivity (Wildman–Crippen MR) is 93.4 cm³/mol. The van der Waals surface area contributed by atoms with Crippen molar-refractivity contribution in [3.8, 4) is 0 Å². The molecule has 142 valence electrons. The van der Waals surface area contributed by atoms with Crippen molar-refractivity contribution in [1.82, 2.24) is 19.2 Å². The van der Waals surface area contributed by atoms with Crippen molar-refractivity contribution in [3.63, 3.8) is 0 Å². The molecule has 3 rings (SSSR count). The molecule has 2 fully saturated rings. The fourth-order valence-electron chi connectivity index (χ4n) is 3.71. The van der Waals surface area contributed by atoms with E-state index in [4.69, 9.17) is 4.74 Å². The third-order valence-electron chi connectivity index (χ3n) is 5.42. The molecule has 2 saturated heterocycles. The van der Waals surface area contributed by atoms with Gasteiger partial charge in [0, 0.05) is 32.9 Å². The van der Waals surface area contributed by atoms with Crippen molar-refractivity contribution >= 4 is 10.0 Å². The summed E-state index contributed by atoms with van der Waals surface area (Å²) in [6, 6.07) is -0.528. The normalized spacial score (nSPS) is 30.6. The largest absolute Gasteiger partial charge is 0.386 e. The average Bonchev–Trinajstić information content (AvgIpc) is 2.90. The van der Waals surface area contributed by atoms with Gasteiger partial charge in [0.1, 0.15) is 5.60 Å². The molecule has 2 aliphatic rings. The Labute approximate surface area is 149 Å². The zero-order valence-corrected chi connectivity index (χ0v) is 15.9. The van der Waals surface area contributed by atoms with Crippen LogP contribution < -0.4 is 4.72 Å². The number of aromatic nitrogens is 2. The van der Waals surface area contributed by atoms with E-state index in [-0.39, 0.29) is 12.2 Å². The van der Waals surface area contributed by atoms with Gasteiger partial charge < -0.3 is 14.4 Å². The zero-order chi connectivity index (χ0) is 18.3. The molecule has 2 atom stereocenters. The molecule has 0 radical (unpaired) electrons. The van der Waals surface area contributed by atoms with Gasteiger partial charge in [-0.15, -0.1) is 0 Å². The SMILES string of the molecule is Cn1cncc1CN1CCC2(CC1)C[C@H](NS(C)(=O)=O)[C@@](C)(O)CO2. The third kappa shape index (κ3) is 4.40. The number of nitrogens with one attached hydrogen (secondary N) is 1. The van der Waals surface area contributed by atoms with E-state index in [9.17, 15) is 13.5 Å². The summed E-state index contributed by atoms with van der Waals surface area (Å²) in [4.78, 5) is 6.51. The molecule has 2 N–H and O–H groups in total. The number of hydrogen-bond acceptors (Lipinski definition) is 6. The first-order valence-corrected chi connectivity index (χ1v) is 10.5. The number of hydrogen-bond donors (Lipinski definition) is 2. The van der Waals surface area contributed by atoms with Crippen molar-refractivity contribution in [2.24, 2.45) is 7.05 Å². The first kappa shape index (κ1) is 18.8. The van der Waals surface area contributed by atoms with Crippen LogP contribution in [0.4, 0.5) is 0 Å². The lowest BCUT2D eigenvalue weighted by Gasteiger charge is -2.50. The second kappa shape index (κ2) is 6.62. The van der Waals surface area contributed by atoms with Gasteiger partial charge in [-0.05, 0) is 26.2 Å². The molecule has 1 aromatic rings. The Morgan fingerprint density at radius 3 is 2.68 bits per heavy atom. The van der Waals surface area contributed by atoms with Gasteiger partial charge in [0.15, 0.2) is 0 Å². The van der Waals surface area contributed by atoms with Crippen LogP contribution in [0.15, 0.2) is 12.5 Å². The molecule has 3 heterocycles. The van der Waals surface area contributed by atoms with Gasteiger partial charge in [-0.3, -0.25) is 4.90 Å². The van der Waals surface area contributed by atoms with Crippen LogP contribution in [0.5, 0.6) is 0 Å². The fraction of sp³-hybridized carbons (Fsp3) is 0.812. The summed E-state index contributed by atoms with van der Waals surface area (Å²) in [5, 5.41) is 10.5. The van der Waals surface area contributed by atoms with Gasteiger partial charge in [-0.1, -0.05) is 0 Å². The molecular formula is C16H28N4O4S. The molecule has 0 aliphatic carbocycles. The molecule has 0 unspecified atom stereocenters. The molecule has 0 aromatic carbocycles. The van der Waals surface area contributed by atoms with Gasteiger partial charge >= 0.3 is 0 Å². The molecular weight excluding hydrogens is 344 g/mol. The number of nitrogens with zero attached hydrogens (tertiary/aromatic N) is 3. The minimum atomic E-state index is -3.39. The number of sulfonamides is 1. The number of likely N-dealkylation sites (tertiary alicyclic amines) is 1. The van der Waals surface area contributed by atoms with Crippen LogP contribution in [0.2, 0.25) is 0 Å². The second-order valence-electron chi connectivity index (χ2n) is 7.75. The van der Waals surface area contributed by atoms with E-state index in [2.05, 4.69) is 14.6 Å². The van der Waals surface area contributed by atoms with Crippen molar-refractivity contribution in [1.29, 1.82) is 0 Å². The first-order chi connectivity index (χ1) is 11.6. The zero-order valence-electron chi connectivity index (χ0n) is 15.1. The standard InChI is InChI=1S/C16H28N4O4S/c1-15(21)11-24-16(8-14(15)18-25(3,22)23)4-6-20(7-5-16)10-13-9-17-12-19(13)2/h9,12,14,18,21H,4-8,10-11H2,1-3H3/t14-,15-/m0/s1. The summed E-state index contributed by atoms with van der Waals surface area (Å²) in [6.07, 6.45) is 6.94. The maximum absolute atomic E-state index is 11.6. The Morgan fingerprint density at radius 1 is 1.44 bits per heavy atom.